The first-order valence-electron chi connectivity index (χ1n) is 15.9. The quantitative estimate of drug-likeness (QED) is 0.201. The van der Waals surface area contributed by atoms with Gasteiger partial charge in [0.1, 0.15) is 11.5 Å². The van der Waals surface area contributed by atoms with Gasteiger partial charge in [0.25, 0.3) is 0 Å². The maximum absolute atomic E-state index is 6.77. The summed E-state index contributed by atoms with van der Waals surface area (Å²) < 4.78 is 6.77. The fourth-order valence-electron chi connectivity index (χ4n) is 8.26. The van der Waals surface area contributed by atoms with Crippen molar-refractivity contribution < 1.29 is 4.74 Å². The lowest BCUT2D eigenvalue weighted by molar-refractivity contribution is 0.489. The second-order valence-corrected chi connectivity index (χ2v) is 12.4. The van der Waals surface area contributed by atoms with Crippen LogP contribution in [0.25, 0.3) is 54.9 Å². The summed E-state index contributed by atoms with van der Waals surface area (Å²) in [5.41, 5.74) is 11.9. The Balaban J connectivity index is 1.25. The van der Waals surface area contributed by atoms with E-state index in [1.807, 2.05) is 0 Å². The minimum Gasteiger partial charge on any atom is -0.455 e. The van der Waals surface area contributed by atoms with Crippen LogP contribution in [0.2, 0.25) is 0 Å². The zero-order valence-electron chi connectivity index (χ0n) is 25.1. The third-order valence-electron chi connectivity index (χ3n) is 10.1. The second kappa shape index (κ2) is 9.54. The molecular weight excluding hydrogens is 556 g/mol. The van der Waals surface area contributed by atoms with Crippen LogP contribution in [0.5, 0.6) is 11.5 Å². The van der Waals surface area contributed by atoms with Crippen LogP contribution in [0.1, 0.15) is 22.3 Å². The van der Waals surface area contributed by atoms with Crippen molar-refractivity contribution in [2.24, 2.45) is 0 Å². The standard InChI is InChI=1S/C45H28O/c1-2-16-32(17-3-1)45(39-24-7-6-20-38(39)43-34-19-5-4-12-29(34)26-27-40(43)45)33-18-8-15-31(28-33)35-21-11-23-37-36-22-9-13-30-14-10-25-41(42(30)36)46-44(35)37/h1-28H. The molecule has 2 aliphatic rings. The summed E-state index contributed by atoms with van der Waals surface area (Å²) in [5.74, 6) is 1.83. The van der Waals surface area contributed by atoms with Crippen molar-refractivity contribution in [2.75, 3.05) is 0 Å². The molecule has 8 aromatic carbocycles. The number of para-hydroxylation sites is 1. The van der Waals surface area contributed by atoms with Crippen molar-refractivity contribution in [3.8, 4) is 44.9 Å². The lowest BCUT2D eigenvalue weighted by Gasteiger charge is -2.34. The van der Waals surface area contributed by atoms with E-state index in [1.165, 1.54) is 60.5 Å². The van der Waals surface area contributed by atoms with Crippen LogP contribution in [0.3, 0.4) is 0 Å². The van der Waals surface area contributed by atoms with E-state index in [1.54, 1.807) is 0 Å². The average molecular weight is 585 g/mol. The van der Waals surface area contributed by atoms with Gasteiger partial charge in [-0.2, -0.15) is 0 Å². The Morgan fingerprint density at radius 3 is 2.02 bits per heavy atom. The van der Waals surface area contributed by atoms with Crippen LogP contribution in [0.15, 0.2) is 170 Å². The molecule has 1 aliphatic heterocycles. The number of rotatable bonds is 3. The van der Waals surface area contributed by atoms with E-state index >= 15 is 0 Å². The van der Waals surface area contributed by atoms with Crippen molar-refractivity contribution in [1.82, 2.24) is 0 Å². The molecule has 8 aromatic rings. The van der Waals surface area contributed by atoms with E-state index < -0.39 is 5.41 Å². The molecule has 1 unspecified atom stereocenters. The number of hydrogen-bond donors (Lipinski definition) is 0. The Morgan fingerprint density at radius 2 is 1.09 bits per heavy atom. The summed E-state index contributed by atoms with van der Waals surface area (Å²) in [4.78, 5) is 0. The summed E-state index contributed by atoms with van der Waals surface area (Å²) >= 11 is 0. The molecule has 0 spiro atoms. The van der Waals surface area contributed by atoms with Crippen molar-refractivity contribution in [2.45, 2.75) is 5.41 Å². The highest BCUT2D eigenvalue weighted by Crippen LogP contribution is 2.58. The van der Waals surface area contributed by atoms with Gasteiger partial charge in [-0.05, 0) is 72.8 Å². The highest BCUT2D eigenvalue weighted by Gasteiger charge is 2.46. The van der Waals surface area contributed by atoms with Crippen molar-refractivity contribution in [3.63, 3.8) is 0 Å². The predicted molar refractivity (Wildman–Crippen MR) is 190 cm³/mol. The number of ether oxygens (including phenoxy) is 1. The van der Waals surface area contributed by atoms with Gasteiger partial charge in [-0.3, -0.25) is 0 Å². The molecule has 0 fully saturated rings. The first-order valence-corrected chi connectivity index (χ1v) is 15.9. The molecule has 1 heteroatoms. The van der Waals surface area contributed by atoms with E-state index in [0.717, 1.165) is 28.2 Å². The number of hydrogen-bond acceptors (Lipinski definition) is 1. The van der Waals surface area contributed by atoms with Gasteiger partial charge in [-0.25, -0.2) is 0 Å². The van der Waals surface area contributed by atoms with E-state index in [-0.39, 0.29) is 0 Å². The predicted octanol–water partition coefficient (Wildman–Crippen LogP) is 11.8. The van der Waals surface area contributed by atoms with Gasteiger partial charge in [0, 0.05) is 16.5 Å². The van der Waals surface area contributed by atoms with Crippen LogP contribution >= 0.6 is 0 Å². The van der Waals surface area contributed by atoms with E-state index in [9.17, 15) is 0 Å². The SMILES string of the molecule is c1ccc(C2(c3cccc(-c4cccc5c4Oc4cccc6cccc-5c46)c3)c3ccccc3-c3c2ccc2ccccc32)cc1. The molecule has 1 nitrogen and oxygen atoms in total. The Labute approximate surface area is 268 Å². The second-order valence-electron chi connectivity index (χ2n) is 12.4. The van der Waals surface area contributed by atoms with Crippen molar-refractivity contribution in [1.29, 1.82) is 0 Å². The average Bonchev–Trinajstić information content (AvgIpc) is 3.44. The van der Waals surface area contributed by atoms with Gasteiger partial charge in [0.15, 0.2) is 0 Å². The fraction of sp³-hybridized carbons (Fsp3) is 0.0222. The highest BCUT2D eigenvalue weighted by molar-refractivity contribution is 6.06. The van der Waals surface area contributed by atoms with Crippen LogP contribution in [-0.4, -0.2) is 0 Å². The van der Waals surface area contributed by atoms with E-state index in [0.29, 0.717) is 0 Å². The summed E-state index contributed by atoms with van der Waals surface area (Å²) in [5, 5.41) is 4.93. The zero-order chi connectivity index (χ0) is 30.2. The molecule has 46 heavy (non-hydrogen) atoms. The van der Waals surface area contributed by atoms with Crippen LogP contribution in [-0.2, 0) is 5.41 Å². The van der Waals surface area contributed by atoms with E-state index in [2.05, 4.69) is 170 Å². The van der Waals surface area contributed by atoms with Gasteiger partial charge in [0.2, 0.25) is 0 Å². The van der Waals surface area contributed by atoms with Gasteiger partial charge >= 0.3 is 0 Å². The smallest absolute Gasteiger partial charge is 0.143 e. The molecule has 10 rings (SSSR count). The minimum atomic E-state index is -0.485. The van der Waals surface area contributed by atoms with Gasteiger partial charge in [-0.1, -0.05) is 158 Å². The lowest BCUT2D eigenvalue weighted by atomic mass is 9.67. The fourth-order valence-corrected chi connectivity index (χ4v) is 8.26. The van der Waals surface area contributed by atoms with Crippen LogP contribution in [0.4, 0.5) is 0 Å². The van der Waals surface area contributed by atoms with Crippen LogP contribution in [0, 0.1) is 0 Å². The molecule has 0 radical (unpaired) electrons. The molecule has 0 amide bonds. The Morgan fingerprint density at radius 1 is 0.413 bits per heavy atom. The number of benzene rings is 8. The molecule has 214 valence electrons. The zero-order valence-corrected chi connectivity index (χ0v) is 25.1. The van der Waals surface area contributed by atoms with Crippen molar-refractivity contribution in [3.05, 3.63) is 192 Å². The Kier molecular flexibility index (Phi) is 5.27. The molecule has 0 bridgehead atoms. The van der Waals surface area contributed by atoms with Gasteiger partial charge in [0.05, 0.1) is 5.41 Å². The maximum Gasteiger partial charge on any atom is 0.143 e. The molecule has 1 heterocycles. The Bertz CT molecular complexity index is 2500. The summed E-state index contributed by atoms with van der Waals surface area (Å²) in [6.07, 6.45) is 0. The summed E-state index contributed by atoms with van der Waals surface area (Å²) in [6.45, 7) is 0. The molecule has 1 aliphatic carbocycles. The van der Waals surface area contributed by atoms with Gasteiger partial charge in [-0.15, -0.1) is 0 Å². The lowest BCUT2D eigenvalue weighted by Crippen LogP contribution is -2.28. The monoisotopic (exact) mass is 584 g/mol. The largest absolute Gasteiger partial charge is 0.455 e. The summed E-state index contributed by atoms with van der Waals surface area (Å²) in [7, 11) is 0. The van der Waals surface area contributed by atoms with Crippen molar-refractivity contribution >= 4 is 21.5 Å². The van der Waals surface area contributed by atoms with E-state index in [4.69, 9.17) is 4.74 Å². The topological polar surface area (TPSA) is 9.23 Å². The third kappa shape index (κ3) is 3.35. The molecular formula is C45H28O. The highest BCUT2D eigenvalue weighted by atomic mass is 16.5. The molecule has 0 saturated carbocycles. The normalized spacial score (nSPS) is 15.7. The minimum absolute atomic E-state index is 0.485. The molecule has 0 saturated heterocycles. The first-order chi connectivity index (χ1) is 22.8. The third-order valence-corrected chi connectivity index (χ3v) is 10.1. The molecule has 0 aromatic heterocycles. The van der Waals surface area contributed by atoms with Crippen LogP contribution < -0.4 is 4.74 Å². The maximum atomic E-state index is 6.77. The van der Waals surface area contributed by atoms with Gasteiger partial charge < -0.3 is 4.74 Å². The molecule has 1 atom stereocenters. The first kappa shape index (κ1) is 25.4. The number of fused-ring (bicyclic) bond motifs is 7. The Hall–Kier alpha value is -5.92. The summed E-state index contributed by atoms with van der Waals surface area (Å²) in [6, 6.07) is 62.0. The molecule has 0 N–H and O–H groups in total.